The van der Waals surface area contributed by atoms with Crippen LogP contribution in [-0.4, -0.2) is 150 Å². The summed E-state index contributed by atoms with van der Waals surface area (Å²) in [6.45, 7) is 16.3. The second-order valence-electron chi connectivity index (χ2n) is 21.1. The molecule has 0 aromatic carbocycles. The van der Waals surface area contributed by atoms with E-state index in [4.69, 9.17) is 23.7 Å². The van der Waals surface area contributed by atoms with Crippen LogP contribution >= 0.6 is 0 Å². The van der Waals surface area contributed by atoms with Crippen molar-refractivity contribution in [1.82, 2.24) is 0 Å². The van der Waals surface area contributed by atoms with E-state index >= 15 is 0 Å². The molecular formula is C42H72O14. The fourth-order valence-corrected chi connectivity index (χ4v) is 14.1. The van der Waals surface area contributed by atoms with Gasteiger partial charge in [0.15, 0.2) is 12.6 Å². The monoisotopic (exact) mass is 800 g/mol. The Balaban J connectivity index is 1.11. The Labute approximate surface area is 331 Å². The molecule has 0 aromatic rings. The molecule has 4 aliphatic carbocycles. The predicted molar refractivity (Wildman–Crippen MR) is 200 cm³/mol. The molecule has 3 aliphatic heterocycles. The SMILES string of the molecule is CC(C)(O)[C@@H]1CC[C@@](C)([C@H]2CC[C@]3(C)[C@@H]2[C@H](O)C[C@@H]2[C@@]4(C)CC[C@H](O[C@@H]5O[C@H](CO)[C@@H](O)[C@H](O)[C@H]5O[C@@H]5O[C@H](CO)[C@@H](O)[C@H](O)[C@H]5O)C(C)(C)[C@@H]4CC[C@]23C)O1. The van der Waals surface area contributed by atoms with Gasteiger partial charge in [-0.3, -0.25) is 0 Å². The van der Waals surface area contributed by atoms with E-state index in [2.05, 4.69) is 41.5 Å². The first kappa shape index (κ1) is 43.5. The zero-order valence-corrected chi connectivity index (χ0v) is 34.7. The topological polar surface area (TPSA) is 228 Å². The third-order valence-corrected chi connectivity index (χ3v) is 17.5. The molecule has 0 aromatic heterocycles. The Kier molecular flexibility index (Phi) is 11.5. The number of rotatable bonds is 8. The van der Waals surface area contributed by atoms with E-state index in [1.807, 2.05) is 13.8 Å². The van der Waals surface area contributed by atoms with Crippen molar-refractivity contribution in [2.24, 2.45) is 45.3 Å². The molecule has 0 spiro atoms. The average Bonchev–Trinajstić information content (AvgIpc) is 3.73. The maximum absolute atomic E-state index is 12.3. The molecule has 0 unspecified atom stereocenters. The Morgan fingerprint density at radius 3 is 1.86 bits per heavy atom. The zero-order valence-electron chi connectivity index (χ0n) is 34.7. The first-order chi connectivity index (χ1) is 26.0. The van der Waals surface area contributed by atoms with Gasteiger partial charge in [-0.05, 0) is 124 Å². The third kappa shape index (κ3) is 6.58. The molecule has 14 heteroatoms. The summed E-state index contributed by atoms with van der Waals surface area (Å²) >= 11 is 0. The molecule has 324 valence electrons. The van der Waals surface area contributed by atoms with Crippen LogP contribution in [0, 0.1) is 45.3 Å². The van der Waals surface area contributed by atoms with Crippen LogP contribution in [0.25, 0.3) is 0 Å². The van der Waals surface area contributed by atoms with E-state index in [0.29, 0.717) is 12.8 Å². The number of ether oxygens (including phenoxy) is 5. The van der Waals surface area contributed by atoms with Gasteiger partial charge >= 0.3 is 0 Å². The summed E-state index contributed by atoms with van der Waals surface area (Å²) in [4.78, 5) is 0. The minimum absolute atomic E-state index is 0.0311. The van der Waals surface area contributed by atoms with Gasteiger partial charge in [0, 0.05) is 0 Å². The highest BCUT2D eigenvalue weighted by Crippen LogP contribution is 2.76. The van der Waals surface area contributed by atoms with Crippen molar-refractivity contribution in [2.45, 2.75) is 204 Å². The van der Waals surface area contributed by atoms with Gasteiger partial charge in [0.1, 0.15) is 48.8 Å². The highest BCUT2D eigenvalue weighted by atomic mass is 16.8. The molecule has 56 heavy (non-hydrogen) atoms. The lowest BCUT2D eigenvalue weighted by Gasteiger charge is -2.70. The second-order valence-corrected chi connectivity index (χ2v) is 21.1. The van der Waals surface area contributed by atoms with Gasteiger partial charge in [-0.25, -0.2) is 0 Å². The summed E-state index contributed by atoms with van der Waals surface area (Å²) in [6, 6.07) is 0. The Morgan fingerprint density at radius 2 is 1.25 bits per heavy atom. The number of hydrogen-bond donors (Lipinski definition) is 9. The summed E-state index contributed by atoms with van der Waals surface area (Å²) in [5.41, 5.74) is -2.03. The molecule has 7 fully saturated rings. The van der Waals surface area contributed by atoms with Gasteiger partial charge in [-0.15, -0.1) is 0 Å². The van der Waals surface area contributed by atoms with Crippen LogP contribution in [0.4, 0.5) is 0 Å². The Morgan fingerprint density at radius 1 is 0.643 bits per heavy atom. The summed E-state index contributed by atoms with van der Waals surface area (Å²) in [6.07, 6.45) is -8.45. The molecule has 21 atom stereocenters. The largest absolute Gasteiger partial charge is 0.394 e. The van der Waals surface area contributed by atoms with Gasteiger partial charge in [0.25, 0.3) is 0 Å². The quantitative estimate of drug-likeness (QED) is 0.158. The van der Waals surface area contributed by atoms with Gasteiger partial charge in [-0.2, -0.15) is 0 Å². The fourth-order valence-electron chi connectivity index (χ4n) is 14.1. The van der Waals surface area contributed by atoms with Crippen molar-refractivity contribution in [1.29, 1.82) is 0 Å². The van der Waals surface area contributed by atoms with Gasteiger partial charge in [0.05, 0.1) is 42.7 Å². The van der Waals surface area contributed by atoms with Crippen LogP contribution in [0.1, 0.15) is 113 Å². The van der Waals surface area contributed by atoms with Crippen LogP contribution < -0.4 is 0 Å². The van der Waals surface area contributed by atoms with Crippen LogP contribution in [0.2, 0.25) is 0 Å². The molecule has 14 nitrogen and oxygen atoms in total. The molecular weight excluding hydrogens is 728 g/mol. The van der Waals surface area contributed by atoms with Gasteiger partial charge < -0.3 is 69.6 Å². The average molecular weight is 801 g/mol. The minimum atomic E-state index is -1.75. The summed E-state index contributed by atoms with van der Waals surface area (Å²) in [5.74, 6) is 0.725. The molecule has 4 saturated carbocycles. The molecule has 7 aliphatic rings. The zero-order chi connectivity index (χ0) is 41.1. The number of aliphatic hydroxyl groups excluding tert-OH is 8. The van der Waals surface area contributed by atoms with Gasteiger partial charge in [-0.1, -0.05) is 34.6 Å². The first-order valence-electron chi connectivity index (χ1n) is 21.3. The maximum atomic E-state index is 12.3. The van der Waals surface area contributed by atoms with Crippen LogP contribution in [0.5, 0.6) is 0 Å². The maximum Gasteiger partial charge on any atom is 0.187 e. The van der Waals surface area contributed by atoms with Crippen molar-refractivity contribution in [3.05, 3.63) is 0 Å². The van der Waals surface area contributed by atoms with E-state index in [1.165, 1.54) is 0 Å². The van der Waals surface area contributed by atoms with Crippen molar-refractivity contribution in [2.75, 3.05) is 13.2 Å². The first-order valence-corrected chi connectivity index (χ1v) is 21.3. The standard InChI is InChI=1S/C42H72O14/c1-37(2)24-10-15-40(6)25(17-21(45)28-20(9-14-41(28,40)7)42(8)16-12-27(56-42)38(3,4)51)39(24,5)13-11-26(37)54-36-34(32(49)30(47)23(19-44)53-36)55-35-33(50)31(48)29(46)22(18-43)52-35/h20-36,43-51H,9-19H2,1-8H3/t20-,21+,22+,23+,24-,25+,26-,27-,28-,29+,30+,31-,32-,33+,34+,35-,36-,39-,40+,41+,42-/m0/s1. The summed E-state index contributed by atoms with van der Waals surface area (Å²) < 4.78 is 31.1. The van der Waals surface area contributed by atoms with Crippen molar-refractivity contribution < 1.29 is 69.6 Å². The molecule has 7 rings (SSSR count). The molecule has 3 saturated heterocycles. The lowest BCUT2D eigenvalue weighted by atomic mass is 9.35. The lowest BCUT2D eigenvalue weighted by Crippen LogP contribution is -2.68. The molecule has 9 N–H and O–H groups in total. The molecule has 0 amide bonds. The van der Waals surface area contributed by atoms with E-state index < -0.39 is 103 Å². The predicted octanol–water partition coefficient (Wildman–Crippen LogP) is 1.36. The van der Waals surface area contributed by atoms with Crippen molar-refractivity contribution >= 4 is 0 Å². The highest BCUT2D eigenvalue weighted by Gasteiger charge is 2.72. The fraction of sp³-hybridized carbons (Fsp3) is 1.00. The third-order valence-electron chi connectivity index (χ3n) is 17.5. The Hall–Kier alpha value is -0.560. The molecule has 0 radical (unpaired) electrons. The van der Waals surface area contributed by atoms with E-state index in [0.717, 1.165) is 44.9 Å². The highest BCUT2D eigenvalue weighted by molar-refractivity contribution is 5.20. The number of hydrogen-bond acceptors (Lipinski definition) is 14. The smallest absolute Gasteiger partial charge is 0.187 e. The number of fused-ring (bicyclic) bond motifs is 5. The van der Waals surface area contributed by atoms with E-state index in [9.17, 15) is 46.0 Å². The van der Waals surface area contributed by atoms with Crippen molar-refractivity contribution in [3.8, 4) is 0 Å². The lowest BCUT2D eigenvalue weighted by molar-refractivity contribution is -0.378. The van der Waals surface area contributed by atoms with E-state index in [1.54, 1.807) is 0 Å². The minimum Gasteiger partial charge on any atom is -0.394 e. The Bertz CT molecular complexity index is 1410. The number of aliphatic hydroxyl groups is 9. The molecule has 0 bridgehead atoms. The molecule has 3 heterocycles. The summed E-state index contributed by atoms with van der Waals surface area (Å²) in [7, 11) is 0. The van der Waals surface area contributed by atoms with E-state index in [-0.39, 0.29) is 46.0 Å². The normalized spacial score (nSPS) is 56.0. The van der Waals surface area contributed by atoms with Crippen molar-refractivity contribution in [3.63, 3.8) is 0 Å². The van der Waals surface area contributed by atoms with Crippen LogP contribution in [0.15, 0.2) is 0 Å². The van der Waals surface area contributed by atoms with Crippen LogP contribution in [0.3, 0.4) is 0 Å². The summed E-state index contributed by atoms with van der Waals surface area (Å²) in [5, 5.41) is 96.5. The second kappa shape index (κ2) is 14.8. The van der Waals surface area contributed by atoms with Crippen LogP contribution in [-0.2, 0) is 23.7 Å². The van der Waals surface area contributed by atoms with Gasteiger partial charge in [0.2, 0.25) is 0 Å².